The van der Waals surface area contributed by atoms with Crippen LogP contribution >= 0.6 is 0 Å². The highest BCUT2D eigenvalue weighted by molar-refractivity contribution is 6.05. The number of aryl methyl sites for hydroxylation is 1. The number of carbonyl (C=O) groups excluding carboxylic acids is 2. The van der Waals surface area contributed by atoms with E-state index in [1.165, 1.54) is 0 Å². The fourth-order valence-corrected chi connectivity index (χ4v) is 3.41. The van der Waals surface area contributed by atoms with E-state index in [-0.39, 0.29) is 11.8 Å². The predicted molar refractivity (Wildman–Crippen MR) is 116 cm³/mol. The molecule has 4 rings (SSSR count). The van der Waals surface area contributed by atoms with E-state index in [4.69, 9.17) is 4.74 Å². The number of aromatic nitrogens is 1. The number of amides is 2. The zero-order valence-electron chi connectivity index (χ0n) is 17.0. The highest BCUT2D eigenvalue weighted by Crippen LogP contribution is 2.30. The minimum atomic E-state index is -0.270. The smallest absolute Gasteiger partial charge is 0.255 e. The van der Waals surface area contributed by atoms with E-state index in [9.17, 15) is 9.59 Å². The number of nitrogens with zero attached hydrogens (tertiary/aromatic N) is 2. The first-order chi connectivity index (χ1) is 14.5. The lowest BCUT2D eigenvalue weighted by atomic mass is 10.1. The molecule has 0 atom stereocenters. The number of pyridine rings is 1. The van der Waals surface area contributed by atoms with Gasteiger partial charge in [-0.2, -0.15) is 0 Å². The van der Waals surface area contributed by atoms with Gasteiger partial charge < -0.3 is 15.0 Å². The zero-order chi connectivity index (χ0) is 21.1. The fraction of sp³-hybridized carbons (Fsp3) is 0.208. The molecule has 0 spiro atoms. The van der Waals surface area contributed by atoms with E-state index >= 15 is 0 Å². The van der Waals surface area contributed by atoms with Crippen molar-refractivity contribution < 1.29 is 14.3 Å². The molecular formula is C24H23N3O3. The normalized spacial score (nSPS) is 13.4. The number of anilines is 2. The molecule has 0 saturated carbocycles. The third-order valence-corrected chi connectivity index (χ3v) is 5.30. The molecule has 2 aromatic carbocycles. The van der Waals surface area contributed by atoms with E-state index in [1.54, 1.807) is 47.5 Å². The van der Waals surface area contributed by atoms with Gasteiger partial charge in [0.05, 0.1) is 0 Å². The molecule has 6 heteroatoms. The number of benzene rings is 2. The van der Waals surface area contributed by atoms with E-state index in [0.29, 0.717) is 29.3 Å². The Morgan fingerprint density at radius 3 is 2.60 bits per heavy atom. The quantitative estimate of drug-likeness (QED) is 0.662. The molecule has 2 amide bonds. The molecule has 0 radical (unpaired) electrons. The van der Waals surface area contributed by atoms with Crippen LogP contribution in [0.2, 0.25) is 0 Å². The van der Waals surface area contributed by atoms with Crippen LogP contribution in [0, 0.1) is 13.8 Å². The summed E-state index contributed by atoms with van der Waals surface area (Å²) in [6.45, 7) is 4.72. The summed E-state index contributed by atoms with van der Waals surface area (Å²) < 4.78 is 5.99. The van der Waals surface area contributed by atoms with Crippen LogP contribution in [0.25, 0.3) is 0 Å². The van der Waals surface area contributed by atoms with Gasteiger partial charge >= 0.3 is 0 Å². The van der Waals surface area contributed by atoms with Gasteiger partial charge in [0, 0.05) is 30.4 Å². The van der Waals surface area contributed by atoms with Crippen molar-refractivity contribution in [2.45, 2.75) is 26.7 Å². The predicted octanol–water partition coefficient (Wildman–Crippen LogP) is 4.87. The van der Waals surface area contributed by atoms with E-state index in [2.05, 4.69) is 10.3 Å². The Bertz CT molecular complexity index is 1090. The SMILES string of the molecule is Cc1cccc(Oc2ncccc2NC(=O)c2ccc(N3CCCC3=O)cc2)c1C. The van der Waals surface area contributed by atoms with Crippen LogP contribution in [-0.4, -0.2) is 23.3 Å². The Morgan fingerprint density at radius 1 is 1.07 bits per heavy atom. The summed E-state index contributed by atoms with van der Waals surface area (Å²) in [5.41, 5.74) is 3.93. The Morgan fingerprint density at radius 2 is 1.87 bits per heavy atom. The fourth-order valence-electron chi connectivity index (χ4n) is 3.41. The van der Waals surface area contributed by atoms with Crippen molar-refractivity contribution in [2.24, 2.45) is 0 Å². The van der Waals surface area contributed by atoms with Crippen molar-refractivity contribution in [3.8, 4) is 11.6 Å². The number of carbonyl (C=O) groups is 2. The number of hydrogen-bond acceptors (Lipinski definition) is 4. The van der Waals surface area contributed by atoms with Crippen LogP contribution in [-0.2, 0) is 4.79 Å². The van der Waals surface area contributed by atoms with Crippen LogP contribution in [0.3, 0.4) is 0 Å². The standard InChI is InChI=1S/C24H23N3O3/c1-16-6-3-8-21(17(16)2)30-24-20(7-4-14-25-24)26-23(29)18-10-12-19(13-11-18)27-15-5-9-22(27)28/h3-4,6-8,10-14H,5,9,15H2,1-2H3,(H,26,29). The van der Waals surface area contributed by atoms with Gasteiger partial charge in [-0.1, -0.05) is 12.1 Å². The monoisotopic (exact) mass is 401 g/mol. The lowest BCUT2D eigenvalue weighted by molar-refractivity contribution is -0.117. The summed E-state index contributed by atoms with van der Waals surface area (Å²) in [7, 11) is 0. The molecule has 30 heavy (non-hydrogen) atoms. The number of rotatable bonds is 5. The maximum absolute atomic E-state index is 12.8. The molecule has 0 bridgehead atoms. The van der Waals surface area contributed by atoms with Gasteiger partial charge in [0.25, 0.3) is 5.91 Å². The van der Waals surface area contributed by atoms with Crippen LogP contribution < -0.4 is 15.0 Å². The van der Waals surface area contributed by atoms with Crippen molar-refractivity contribution in [3.05, 3.63) is 77.5 Å². The molecule has 1 fully saturated rings. The second-order valence-electron chi connectivity index (χ2n) is 7.31. The highest BCUT2D eigenvalue weighted by atomic mass is 16.5. The van der Waals surface area contributed by atoms with Crippen molar-refractivity contribution in [3.63, 3.8) is 0 Å². The largest absolute Gasteiger partial charge is 0.437 e. The third kappa shape index (κ3) is 4.03. The van der Waals surface area contributed by atoms with Gasteiger partial charge in [0.1, 0.15) is 11.4 Å². The molecule has 1 aliphatic rings. The lowest BCUT2D eigenvalue weighted by Crippen LogP contribution is -2.23. The van der Waals surface area contributed by atoms with Crippen molar-refractivity contribution in [1.29, 1.82) is 0 Å². The molecule has 0 unspecified atom stereocenters. The molecule has 1 aliphatic heterocycles. The van der Waals surface area contributed by atoms with E-state index < -0.39 is 0 Å². The zero-order valence-corrected chi connectivity index (χ0v) is 17.0. The van der Waals surface area contributed by atoms with Gasteiger partial charge in [-0.3, -0.25) is 9.59 Å². The molecule has 2 heterocycles. The first-order valence-corrected chi connectivity index (χ1v) is 9.94. The Balaban J connectivity index is 1.51. The third-order valence-electron chi connectivity index (χ3n) is 5.30. The number of hydrogen-bond donors (Lipinski definition) is 1. The Kier molecular flexibility index (Phi) is 5.48. The summed E-state index contributed by atoms with van der Waals surface area (Å²) >= 11 is 0. The number of ether oxygens (including phenoxy) is 1. The average molecular weight is 401 g/mol. The lowest BCUT2D eigenvalue weighted by Gasteiger charge is -2.16. The molecule has 3 aromatic rings. The summed E-state index contributed by atoms with van der Waals surface area (Å²) in [5, 5.41) is 2.87. The topological polar surface area (TPSA) is 71.5 Å². The first kappa shape index (κ1) is 19.6. The van der Waals surface area contributed by atoms with Gasteiger partial charge in [0.15, 0.2) is 0 Å². The van der Waals surface area contributed by atoms with Crippen LogP contribution in [0.15, 0.2) is 60.8 Å². The molecule has 1 N–H and O–H groups in total. The molecule has 152 valence electrons. The Labute approximate surface area is 175 Å². The van der Waals surface area contributed by atoms with E-state index in [0.717, 1.165) is 29.8 Å². The minimum absolute atomic E-state index is 0.121. The summed E-state index contributed by atoms with van der Waals surface area (Å²) in [4.78, 5) is 30.7. The van der Waals surface area contributed by atoms with Gasteiger partial charge in [-0.05, 0) is 73.9 Å². The molecule has 0 aliphatic carbocycles. The second kappa shape index (κ2) is 8.37. The van der Waals surface area contributed by atoms with Crippen LogP contribution in [0.4, 0.5) is 11.4 Å². The maximum Gasteiger partial charge on any atom is 0.255 e. The molecular weight excluding hydrogens is 378 g/mol. The summed E-state index contributed by atoms with van der Waals surface area (Å²) in [6, 6.07) is 16.4. The molecule has 1 aromatic heterocycles. The van der Waals surface area contributed by atoms with Crippen molar-refractivity contribution in [2.75, 3.05) is 16.8 Å². The van der Waals surface area contributed by atoms with Crippen molar-refractivity contribution >= 4 is 23.2 Å². The van der Waals surface area contributed by atoms with Gasteiger partial charge in [-0.15, -0.1) is 0 Å². The second-order valence-corrected chi connectivity index (χ2v) is 7.31. The number of nitrogens with one attached hydrogen (secondary N) is 1. The molecule has 1 saturated heterocycles. The van der Waals surface area contributed by atoms with Crippen LogP contribution in [0.1, 0.15) is 34.3 Å². The molecule has 6 nitrogen and oxygen atoms in total. The Hall–Kier alpha value is -3.67. The van der Waals surface area contributed by atoms with Gasteiger partial charge in [-0.25, -0.2) is 4.98 Å². The van der Waals surface area contributed by atoms with Crippen molar-refractivity contribution in [1.82, 2.24) is 4.98 Å². The van der Waals surface area contributed by atoms with Gasteiger partial charge in [0.2, 0.25) is 11.8 Å². The first-order valence-electron chi connectivity index (χ1n) is 9.94. The highest BCUT2D eigenvalue weighted by Gasteiger charge is 2.22. The minimum Gasteiger partial charge on any atom is -0.437 e. The summed E-state index contributed by atoms with van der Waals surface area (Å²) in [5.74, 6) is 0.881. The average Bonchev–Trinajstić information content (AvgIpc) is 3.18. The van der Waals surface area contributed by atoms with Crippen LogP contribution in [0.5, 0.6) is 11.6 Å². The summed E-state index contributed by atoms with van der Waals surface area (Å²) in [6.07, 6.45) is 3.07. The maximum atomic E-state index is 12.8. The van der Waals surface area contributed by atoms with E-state index in [1.807, 2.05) is 32.0 Å².